The highest BCUT2D eigenvalue weighted by atomic mass is 16.1. The lowest BCUT2D eigenvalue weighted by atomic mass is 9.85. The number of aromatic nitrogens is 5. The Morgan fingerprint density at radius 1 is 1.21 bits per heavy atom. The van der Waals surface area contributed by atoms with Crippen LogP contribution in [0.3, 0.4) is 0 Å². The molecule has 0 radical (unpaired) electrons. The van der Waals surface area contributed by atoms with Crippen LogP contribution in [-0.2, 0) is 4.79 Å². The van der Waals surface area contributed by atoms with Crippen LogP contribution in [0, 0.1) is 12.8 Å². The maximum atomic E-state index is 12.0. The van der Waals surface area contributed by atoms with Crippen molar-refractivity contribution in [3.05, 3.63) is 36.0 Å². The molecule has 1 aromatic carbocycles. The molecule has 0 atom stereocenters. The molecule has 1 fully saturated rings. The number of nitrogens with one attached hydrogen (secondary N) is 2. The van der Waals surface area contributed by atoms with Crippen LogP contribution in [0.2, 0.25) is 0 Å². The van der Waals surface area contributed by atoms with E-state index in [9.17, 15) is 4.79 Å². The van der Waals surface area contributed by atoms with Gasteiger partial charge in [-0.05, 0) is 51.7 Å². The Kier molecular flexibility index (Phi) is 5.18. The van der Waals surface area contributed by atoms with Crippen molar-refractivity contribution in [2.24, 2.45) is 5.92 Å². The quantitative estimate of drug-likeness (QED) is 0.707. The van der Waals surface area contributed by atoms with Gasteiger partial charge < -0.3 is 10.6 Å². The van der Waals surface area contributed by atoms with Gasteiger partial charge in [0.05, 0.1) is 5.52 Å². The Balaban J connectivity index is 1.49. The highest BCUT2D eigenvalue weighted by Crippen LogP contribution is 2.26. The van der Waals surface area contributed by atoms with Gasteiger partial charge >= 0.3 is 0 Å². The average molecular weight is 379 g/mol. The second-order valence-corrected chi connectivity index (χ2v) is 7.28. The van der Waals surface area contributed by atoms with Crippen molar-refractivity contribution in [1.82, 2.24) is 30.3 Å². The molecule has 8 heteroatoms. The Hall–Kier alpha value is -3.03. The second-order valence-electron chi connectivity index (χ2n) is 7.28. The molecule has 2 N–H and O–H groups in total. The summed E-state index contributed by atoms with van der Waals surface area (Å²) in [5.41, 5.74) is 2.68. The minimum atomic E-state index is 0.119. The number of nitrogens with zero attached hydrogens (tertiary/aromatic N) is 5. The predicted molar refractivity (Wildman–Crippen MR) is 107 cm³/mol. The van der Waals surface area contributed by atoms with E-state index in [4.69, 9.17) is 4.98 Å². The van der Waals surface area contributed by atoms with Gasteiger partial charge in [-0.1, -0.05) is 17.3 Å². The van der Waals surface area contributed by atoms with Gasteiger partial charge in [-0.3, -0.25) is 4.79 Å². The molecule has 2 aromatic heterocycles. The van der Waals surface area contributed by atoms with E-state index in [0.717, 1.165) is 48.1 Å². The highest BCUT2D eigenvalue weighted by Gasteiger charge is 2.26. The Labute approximate surface area is 163 Å². The molecule has 1 aliphatic rings. The molecule has 146 valence electrons. The smallest absolute Gasteiger partial charge is 0.224 e. The van der Waals surface area contributed by atoms with E-state index in [2.05, 4.69) is 25.9 Å². The van der Waals surface area contributed by atoms with Crippen LogP contribution in [0.15, 0.2) is 30.5 Å². The number of hydrogen-bond donors (Lipinski definition) is 2. The van der Waals surface area contributed by atoms with Crippen molar-refractivity contribution in [3.8, 4) is 5.82 Å². The van der Waals surface area contributed by atoms with E-state index in [0.29, 0.717) is 12.5 Å². The molecule has 0 saturated heterocycles. The summed E-state index contributed by atoms with van der Waals surface area (Å²) in [5, 5.41) is 14.8. The lowest BCUT2D eigenvalue weighted by Gasteiger charge is -2.28. The topological polar surface area (TPSA) is 97.6 Å². The van der Waals surface area contributed by atoms with E-state index in [1.54, 1.807) is 10.9 Å². The normalized spacial score (nSPS) is 19.5. The number of anilines is 1. The van der Waals surface area contributed by atoms with E-state index < -0.39 is 0 Å². The van der Waals surface area contributed by atoms with Gasteiger partial charge in [0.15, 0.2) is 5.82 Å². The SMILES string of the molecule is CCNC(=O)C1CCC(Nc2ncc(C)c(-n3nnc4ccccc43)n2)CC1. The number of fused-ring (bicyclic) bond motifs is 1. The highest BCUT2D eigenvalue weighted by molar-refractivity contribution is 5.78. The van der Waals surface area contributed by atoms with Crippen LogP contribution >= 0.6 is 0 Å². The lowest BCUT2D eigenvalue weighted by molar-refractivity contribution is -0.125. The standard InChI is InChI=1S/C20H25N7O/c1-3-21-19(28)14-8-10-15(11-9-14)23-20-22-12-13(2)18(24-20)27-17-7-5-4-6-16(17)25-26-27/h4-7,12,14-15H,3,8-11H2,1-2H3,(H,21,28)(H,22,23,24). The largest absolute Gasteiger partial charge is 0.356 e. The zero-order valence-electron chi connectivity index (χ0n) is 16.2. The van der Waals surface area contributed by atoms with Gasteiger partial charge in [0.2, 0.25) is 11.9 Å². The molecule has 3 aromatic rings. The molecule has 0 aliphatic heterocycles. The maximum absolute atomic E-state index is 12.0. The number of aryl methyl sites for hydroxylation is 1. The second kappa shape index (κ2) is 7.92. The minimum Gasteiger partial charge on any atom is -0.356 e. The fourth-order valence-electron chi connectivity index (χ4n) is 3.74. The number of amides is 1. The van der Waals surface area contributed by atoms with Crippen molar-refractivity contribution < 1.29 is 4.79 Å². The van der Waals surface area contributed by atoms with Crippen LogP contribution < -0.4 is 10.6 Å². The summed E-state index contributed by atoms with van der Waals surface area (Å²) in [6.07, 6.45) is 5.44. The molecule has 28 heavy (non-hydrogen) atoms. The minimum absolute atomic E-state index is 0.119. The molecule has 8 nitrogen and oxygen atoms in total. The molecule has 0 unspecified atom stereocenters. The molecule has 1 saturated carbocycles. The van der Waals surface area contributed by atoms with Crippen molar-refractivity contribution in [2.75, 3.05) is 11.9 Å². The zero-order chi connectivity index (χ0) is 19.5. The molecule has 1 aliphatic carbocycles. The van der Waals surface area contributed by atoms with Crippen LogP contribution in [0.4, 0.5) is 5.95 Å². The van der Waals surface area contributed by atoms with Crippen LogP contribution in [0.5, 0.6) is 0 Å². The van der Waals surface area contributed by atoms with Crippen LogP contribution in [0.25, 0.3) is 16.9 Å². The van der Waals surface area contributed by atoms with Gasteiger partial charge in [0.1, 0.15) is 5.52 Å². The summed E-state index contributed by atoms with van der Waals surface area (Å²) in [6, 6.07) is 8.09. The number of hydrogen-bond acceptors (Lipinski definition) is 6. The van der Waals surface area contributed by atoms with Crippen molar-refractivity contribution in [1.29, 1.82) is 0 Å². The first kappa shape index (κ1) is 18.3. The number of carbonyl (C=O) groups excluding carboxylic acids is 1. The summed E-state index contributed by atoms with van der Waals surface area (Å²) >= 11 is 0. The third-order valence-electron chi connectivity index (χ3n) is 5.28. The third-order valence-corrected chi connectivity index (χ3v) is 5.28. The summed E-state index contributed by atoms with van der Waals surface area (Å²) in [7, 11) is 0. The van der Waals surface area contributed by atoms with Gasteiger partial charge in [-0.25, -0.2) is 4.98 Å². The average Bonchev–Trinajstić information content (AvgIpc) is 3.14. The summed E-state index contributed by atoms with van der Waals surface area (Å²) in [6.45, 7) is 4.61. The summed E-state index contributed by atoms with van der Waals surface area (Å²) in [5.74, 6) is 1.60. The monoisotopic (exact) mass is 379 g/mol. The van der Waals surface area contributed by atoms with Crippen LogP contribution in [-0.4, -0.2) is 43.5 Å². The maximum Gasteiger partial charge on any atom is 0.224 e. The van der Waals surface area contributed by atoms with Gasteiger partial charge in [0, 0.05) is 30.3 Å². The number of carbonyl (C=O) groups is 1. The van der Waals surface area contributed by atoms with E-state index >= 15 is 0 Å². The Bertz CT molecular complexity index is 976. The van der Waals surface area contributed by atoms with Crippen LogP contribution in [0.1, 0.15) is 38.2 Å². The summed E-state index contributed by atoms with van der Waals surface area (Å²) in [4.78, 5) is 21.2. The molecule has 4 rings (SSSR count). The molecular weight excluding hydrogens is 354 g/mol. The van der Waals surface area contributed by atoms with Gasteiger partial charge in [0.25, 0.3) is 0 Å². The molecular formula is C20H25N7O. The van der Waals surface area contributed by atoms with Gasteiger partial charge in [-0.2, -0.15) is 9.67 Å². The molecule has 0 spiro atoms. The van der Waals surface area contributed by atoms with Crippen molar-refractivity contribution >= 4 is 22.9 Å². The molecule has 2 heterocycles. The lowest BCUT2D eigenvalue weighted by Crippen LogP contribution is -2.36. The predicted octanol–water partition coefficient (Wildman–Crippen LogP) is 2.63. The Morgan fingerprint density at radius 3 is 2.79 bits per heavy atom. The number of para-hydroxylation sites is 1. The van der Waals surface area contributed by atoms with Crippen molar-refractivity contribution in [3.63, 3.8) is 0 Å². The van der Waals surface area contributed by atoms with E-state index in [1.165, 1.54) is 0 Å². The third kappa shape index (κ3) is 3.67. The van der Waals surface area contributed by atoms with E-state index in [-0.39, 0.29) is 17.9 Å². The van der Waals surface area contributed by atoms with E-state index in [1.807, 2.05) is 38.1 Å². The Morgan fingerprint density at radius 2 is 2.00 bits per heavy atom. The number of benzene rings is 1. The molecule has 0 bridgehead atoms. The van der Waals surface area contributed by atoms with Crippen molar-refractivity contribution in [2.45, 2.75) is 45.6 Å². The first-order valence-corrected chi connectivity index (χ1v) is 9.84. The first-order chi connectivity index (χ1) is 13.7. The fourth-order valence-corrected chi connectivity index (χ4v) is 3.74. The number of rotatable bonds is 5. The zero-order valence-corrected chi connectivity index (χ0v) is 16.2. The first-order valence-electron chi connectivity index (χ1n) is 9.84. The van der Waals surface area contributed by atoms with Gasteiger partial charge in [-0.15, -0.1) is 5.10 Å². The molecule has 1 amide bonds. The summed E-state index contributed by atoms with van der Waals surface area (Å²) < 4.78 is 1.75. The fraction of sp³-hybridized carbons (Fsp3) is 0.450.